The Bertz CT molecular complexity index is 1080. The average Bonchev–Trinajstić information content (AvgIpc) is 3.60. The van der Waals surface area contributed by atoms with Gasteiger partial charge in [0.15, 0.2) is 5.16 Å². The Morgan fingerprint density at radius 1 is 1.17 bits per heavy atom. The van der Waals surface area contributed by atoms with Crippen LogP contribution in [0, 0.1) is 5.92 Å². The molecule has 0 radical (unpaired) electrons. The van der Waals surface area contributed by atoms with Crippen LogP contribution in [0.25, 0.3) is 10.9 Å². The zero-order valence-electron chi connectivity index (χ0n) is 17.2. The van der Waals surface area contributed by atoms with E-state index in [1.807, 2.05) is 42.5 Å². The highest BCUT2D eigenvalue weighted by Crippen LogP contribution is 2.32. The van der Waals surface area contributed by atoms with E-state index in [9.17, 15) is 9.59 Å². The SMILES string of the molecule is C[C@H](NC(=O)CSc1nc2ccccc2c(=O)n1CCCc1ccccc1)C1CC1. The first-order chi connectivity index (χ1) is 14.6. The molecule has 6 heteroatoms. The molecule has 0 unspecified atom stereocenters. The number of aryl methyl sites for hydroxylation is 1. The maximum Gasteiger partial charge on any atom is 0.262 e. The van der Waals surface area contributed by atoms with Crippen LogP contribution in [-0.4, -0.2) is 27.3 Å². The van der Waals surface area contributed by atoms with Gasteiger partial charge >= 0.3 is 0 Å². The molecule has 1 aromatic heterocycles. The molecule has 30 heavy (non-hydrogen) atoms. The van der Waals surface area contributed by atoms with Crippen molar-refractivity contribution in [2.24, 2.45) is 5.92 Å². The molecule has 1 N–H and O–H groups in total. The fourth-order valence-electron chi connectivity index (χ4n) is 3.68. The lowest BCUT2D eigenvalue weighted by molar-refractivity contribution is -0.119. The predicted octanol–water partition coefficient (Wildman–Crippen LogP) is 4.04. The van der Waals surface area contributed by atoms with Crippen molar-refractivity contribution in [2.45, 2.75) is 50.4 Å². The van der Waals surface area contributed by atoms with E-state index < -0.39 is 0 Å². The molecule has 1 heterocycles. The van der Waals surface area contributed by atoms with Crippen LogP contribution in [0.15, 0.2) is 64.5 Å². The summed E-state index contributed by atoms with van der Waals surface area (Å²) in [6.45, 7) is 2.64. The number of benzene rings is 2. The lowest BCUT2D eigenvalue weighted by atomic mass is 10.1. The third kappa shape index (κ3) is 5.11. The summed E-state index contributed by atoms with van der Waals surface area (Å²) in [5.74, 6) is 0.882. The lowest BCUT2D eigenvalue weighted by Gasteiger charge is -2.15. The Hall–Kier alpha value is -2.60. The topological polar surface area (TPSA) is 64.0 Å². The van der Waals surface area contributed by atoms with Crippen molar-refractivity contribution in [1.29, 1.82) is 0 Å². The number of rotatable bonds is 9. The van der Waals surface area contributed by atoms with Crippen LogP contribution in [0.1, 0.15) is 31.7 Å². The van der Waals surface area contributed by atoms with Crippen LogP contribution in [0.3, 0.4) is 0 Å². The first-order valence-electron chi connectivity index (χ1n) is 10.6. The van der Waals surface area contributed by atoms with Gasteiger partial charge in [0.2, 0.25) is 5.91 Å². The third-order valence-corrected chi connectivity index (χ3v) is 6.54. The number of nitrogens with one attached hydrogen (secondary N) is 1. The Balaban J connectivity index is 1.49. The highest BCUT2D eigenvalue weighted by atomic mass is 32.2. The third-order valence-electron chi connectivity index (χ3n) is 5.57. The highest BCUT2D eigenvalue weighted by molar-refractivity contribution is 7.99. The molecule has 1 atom stereocenters. The normalized spacial score (nSPS) is 14.6. The fraction of sp³-hybridized carbons (Fsp3) is 0.375. The summed E-state index contributed by atoms with van der Waals surface area (Å²) in [6, 6.07) is 17.9. The van der Waals surface area contributed by atoms with E-state index in [2.05, 4.69) is 24.4 Å². The zero-order valence-corrected chi connectivity index (χ0v) is 18.0. The van der Waals surface area contributed by atoms with Crippen LogP contribution in [0.5, 0.6) is 0 Å². The van der Waals surface area contributed by atoms with Crippen LogP contribution in [0.4, 0.5) is 0 Å². The molecule has 1 fully saturated rings. The number of hydrogen-bond donors (Lipinski definition) is 1. The maximum absolute atomic E-state index is 13.1. The second-order valence-corrected chi connectivity index (χ2v) is 8.88. The number of nitrogens with zero attached hydrogens (tertiary/aromatic N) is 2. The van der Waals surface area contributed by atoms with E-state index in [1.54, 1.807) is 4.57 Å². The molecule has 0 saturated heterocycles. The number of aromatic nitrogens is 2. The van der Waals surface area contributed by atoms with E-state index in [-0.39, 0.29) is 23.3 Å². The molecule has 0 bridgehead atoms. The predicted molar refractivity (Wildman–Crippen MR) is 122 cm³/mol. The molecule has 1 saturated carbocycles. The van der Waals surface area contributed by atoms with Crippen molar-refractivity contribution in [2.75, 3.05) is 5.75 Å². The molecule has 4 rings (SSSR count). The van der Waals surface area contributed by atoms with Crippen LogP contribution < -0.4 is 10.9 Å². The highest BCUT2D eigenvalue weighted by Gasteiger charge is 2.28. The van der Waals surface area contributed by atoms with E-state index in [1.165, 1.54) is 30.2 Å². The molecule has 1 aliphatic carbocycles. The lowest BCUT2D eigenvalue weighted by Crippen LogP contribution is -2.35. The Morgan fingerprint density at radius 2 is 1.90 bits per heavy atom. The maximum atomic E-state index is 13.1. The standard InChI is InChI=1S/C24H27N3O2S/c1-17(19-13-14-19)25-22(28)16-30-24-26-21-12-6-5-11-20(21)23(29)27(24)15-7-10-18-8-3-2-4-9-18/h2-6,8-9,11-12,17,19H,7,10,13-16H2,1H3,(H,25,28)/t17-/m0/s1. The number of carbonyl (C=O) groups excluding carboxylic acids is 1. The second-order valence-electron chi connectivity index (χ2n) is 7.94. The summed E-state index contributed by atoms with van der Waals surface area (Å²) in [7, 11) is 0. The smallest absolute Gasteiger partial charge is 0.262 e. The Kier molecular flexibility index (Phi) is 6.53. The zero-order chi connectivity index (χ0) is 20.9. The summed E-state index contributed by atoms with van der Waals surface area (Å²) in [6.07, 6.45) is 4.12. The molecular weight excluding hydrogens is 394 g/mol. The van der Waals surface area contributed by atoms with Crippen molar-refractivity contribution in [3.05, 3.63) is 70.5 Å². The Labute approximate surface area is 180 Å². The summed E-state index contributed by atoms with van der Waals surface area (Å²) in [5, 5.41) is 4.30. The van der Waals surface area contributed by atoms with Crippen molar-refractivity contribution >= 4 is 28.6 Å². The van der Waals surface area contributed by atoms with E-state index in [4.69, 9.17) is 4.98 Å². The molecule has 0 aliphatic heterocycles. The number of carbonyl (C=O) groups is 1. The van der Waals surface area contributed by atoms with Gasteiger partial charge in [-0.05, 0) is 56.2 Å². The van der Waals surface area contributed by atoms with Gasteiger partial charge in [-0.2, -0.15) is 0 Å². The average molecular weight is 422 g/mol. The van der Waals surface area contributed by atoms with E-state index in [0.29, 0.717) is 28.5 Å². The first kappa shape index (κ1) is 20.7. The number of hydrogen-bond acceptors (Lipinski definition) is 4. The summed E-state index contributed by atoms with van der Waals surface area (Å²) >= 11 is 1.34. The van der Waals surface area contributed by atoms with Crippen molar-refractivity contribution in [3.8, 4) is 0 Å². The monoisotopic (exact) mass is 421 g/mol. The molecule has 0 spiro atoms. The van der Waals surface area contributed by atoms with Crippen molar-refractivity contribution in [1.82, 2.24) is 14.9 Å². The number of amides is 1. The fourth-order valence-corrected chi connectivity index (χ4v) is 4.52. The van der Waals surface area contributed by atoms with Gasteiger partial charge in [0.05, 0.1) is 16.7 Å². The quantitative estimate of drug-likeness (QED) is 0.418. The molecule has 3 aromatic rings. The van der Waals surface area contributed by atoms with Crippen molar-refractivity contribution < 1.29 is 4.79 Å². The molecule has 2 aromatic carbocycles. The number of para-hydroxylation sites is 1. The molecule has 1 aliphatic rings. The van der Waals surface area contributed by atoms with Crippen molar-refractivity contribution in [3.63, 3.8) is 0 Å². The summed E-state index contributed by atoms with van der Waals surface area (Å²) in [4.78, 5) is 30.2. The van der Waals surface area contributed by atoms with Gasteiger partial charge in [0, 0.05) is 12.6 Å². The van der Waals surface area contributed by atoms with Gasteiger partial charge < -0.3 is 5.32 Å². The number of fused-ring (bicyclic) bond motifs is 1. The summed E-state index contributed by atoms with van der Waals surface area (Å²) in [5.41, 5.74) is 1.89. The van der Waals surface area contributed by atoms with Gasteiger partial charge in [-0.1, -0.05) is 54.2 Å². The first-order valence-corrected chi connectivity index (χ1v) is 11.6. The van der Waals surface area contributed by atoms with Crippen LogP contribution >= 0.6 is 11.8 Å². The minimum atomic E-state index is -0.0390. The van der Waals surface area contributed by atoms with Gasteiger partial charge in [-0.15, -0.1) is 0 Å². The van der Waals surface area contributed by atoms with Gasteiger partial charge in [-0.25, -0.2) is 4.98 Å². The van der Waals surface area contributed by atoms with Crippen LogP contribution in [-0.2, 0) is 17.8 Å². The van der Waals surface area contributed by atoms with E-state index in [0.717, 1.165) is 12.8 Å². The minimum absolute atomic E-state index is 0.00218. The van der Waals surface area contributed by atoms with Gasteiger partial charge in [0.1, 0.15) is 0 Å². The molecule has 5 nitrogen and oxygen atoms in total. The molecule has 156 valence electrons. The second kappa shape index (κ2) is 9.47. The van der Waals surface area contributed by atoms with Gasteiger partial charge in [0.25, 0.3) is 5.56 Å². The van der Waals surface area contributed by atoms with Gasteiger partial charge in [-0.3, -0.25) is 14.2 Å². The molecular formula is C24H27N3O2S. The molecule has 1 amide bonds. The Morgan fingerprint density at radius 3 is 2.67 bits per heavy atom. The number of thioether (sulfide) groups is 1. The van der Waals surface area contributed by atoms with Crippen LogP contribution in [0.2, 0.25) is 0 Å². The van der Waals surface area contributed by atoms with E-state index >= 15 is 0 Å². The minimum Gasteiger partial charge on any atom is -0.353 e. The summed E-state index contributed by atoms with van der Waals surface area (Å²) < 4.78 is 1.73. The largest absolute Gasteiger partial charge is 0.353 e.